The molecule has 0 aliphatic rings. The molecule has 0 radical (unpaired) electrons. The quantitative estimate of drug-likeness (QED) is 0.549. The number of nitrogens with one attached hydrogen (secondary N) is 2. The van der Waals surface area contributed by atoms with Crippen LogP contribution in [0.15, 0.2) is 6.33 Å². The molecule has 0 aliphatic carbocycles. The van der Waals surface area contributed by atoms with E-state index < -0.39 is 4.92 Å². The van der Waals surface area contributed by atoms with Crippen molar-refractivity contribution in [1.82, 2.24) is 9.97 Å². The van der Waals surface area contributed by atoms with Gasteiger partial charge in [-0.25, -0.2) is 9.97 Å². The number of hydrogen-bond acceptors (Lipinski definition) is 6. The Labute approximate surface area is 80.7 Å². The van der Waals surface area contributed by atoms with Crippen LogP contribution in [0.5, 0.6) is 0 Å². The van der Waals surface area contributed by atoms with Crippen LogP contribution in [0, 0.1) is 10.1 Å². The van der Waals surface area contributed by atoms with Gasteiger partial charge in [0.15, 0.2) is 0 Å². The average molecular weight is 197 g/mol. The van der Waals surface area contributed by atoms with E-state index in [0.717, 1.165) is 0 Å². The predicted octanol–water partition coefficient (Wildman–Crippen LogP) is 0.858. The third-order valence-electron chi connectivity index (χ3n) is 1.59. The summed E-state index contributed by atoms with van der Waals surface area (Å²) in [6.45, 7) is 2.41. The van der Waals surface area contributed by atoms with Crippen molar-refractivity contribution in [3.63, 3.8) is 0 Å². The van der Waals surface area contributed by atoms with Crippen molar-refractivity contribution in [1.29, 1.82) is 0 Å². The lowest BCUT2D eigenvalue weighted by Gasteiger charge is -2.05. The van der Waals surface area contributed by atoms with Crippen molar-refractivity contribution < 1.29 is 4.92 Å². The van der Waals surface area contributed by atoms with Crippen LogP contribution < -0.4 is 10.6 Å². The molecule has 1 rings (SSSR count). The Balaban J connectivity index is 3.20. The summed E-state index contributed by atoms with van der Waals surface area (Å²) in [7, 11) is 1.57. The Bertz CT molecular complexity index is 341. The van der Waals surface area contributed by atoms with Gasteiger partial charge in [0.05, 0.1) is 4.92 Å². The van der Waals surface area contributed by atoms with E-state index in [1.807, 2.05) is 6.92 Å². The lowest BCUT2D eigenvalue weighted by atomic mass is 10.4. The SMILES string of the molecule is CCNc1ncnc(NC)c1[N+](=O)[O-]. The van der Waals surface area contributed by atoms with E-state index in [4.69, 9.17) is 0 Å². The molecule has 0 aliphatic heterocycles. The summed E-state index contributed by atoms with van der Waals surface area (Å²) >= 11 is 0. The number of aromatic nitrogens is 2. The standard InChI is InChI=1S/C7H11N5O2/c1-3-9-7-5(12(13)14)6(8-2)10-4-11-7/h4H,3H2,1-2H3,(H2,8,9,10,11). The maximum absolute atomic E-state index is 10.7. The zero-order valence-electron chi connectivity index (χ0n) is 7.94. The zero-order chi connectivity index (χ0) is 10.6. The molecular formula is C7H11N5O2. The molecule has 0 saturated heterocycles. The highest BCUT2D eigenvalue weighted by molar-refractivity contribution is 5.68. The van der Waals surface area contributed by atoms with Gasteiger partial charge in [-0.05, 0) is 6.92 Å². The highest BCUT2D eigenvalue weighted by atomic mass is 16.6. The zero-order valence-corrected chi connectivity index (χ0v) is 7.94. The van der Waals surface area contributed by atoms with Gasteiger partial charge in [-0.2, -0.15) is 0 Å². The van der Waals surface area contributed by atoms with Crippen LogP contribution in [0.25, 0.3) is 0 Å². The third kappa shape index (κ3) is 1.87. The highest BCUT2D eigenvalue weighted by Gasteiger charge is 2.21. The average Bonchev–Trinajstić information content (AvgIpc) is 2.17. The number of nitrogens with zero attached hydrogens (tertiary/aromatic N) is 3. The van der Waals surface area contributed by atoms with Gasteiger partial charge in [0, 0.05) is 13.6 Å². The second-order valence-corrected chi connectivity index (χ2v) is 2.46. The molecule has 0 atom stereocenters. The number of hydrogen-bond donors (Lipinski definition) is 2. The molecule has 1 heterocycles. The first-order chi connectivity index (χ1) is 6.70. The lowest BCUT2D eigenvalue weighted by molar-refractivity contribution is -0.383. The maximum Gasteiger partial charge on any atom is 0.353 e. The van der Waals surface area contributed by atoms with Gasteiger partial charge in [-0.15, -0.1) is 0 Å². The molecule has 0 aromatic carbocycles. The van der Waals surface area contributed by atoms with Crippen molar-refractivity contribution in [3.8, 4) is 0 Å². The van der Waals surface area contributed by atoms with E-state index in [1.165, 1.54) is 6.33 Å². The van der Waals surface area contributed by atoms with Crippen LogP contribution >= 0.6 is 0 Å². The molecule has 7 nitrogen and oxygen atoms in total. The van der Waals surface area contributed by atoms with Gasteiger partial charge in [0.25, 0.3) is 0 Å². The summed E-state index contributed by atoms with van der Waals surface area (Å²) in [5.41, 5.74) is -0.128. The van der Waals surface area contributed by atoms with Crippen molar-refractivity contribution in [2.24, 2.45) is 0 Å². The Morgan fingerprint density at radius 1 is 1.50 bits per heavy atom. The van der Waals surface area contributed by atoms with Crippen LogP contribution in [0.3, 0.4) is 0 Å². The van der Waals surface area contributed by atoms with Crippen molar-refractivity contribution in [3.05, 3.63) is 16.4 Å². The molecule has 14 heavy (non-hydrogen) atoms. The Morgan fingerprint density at radius 3 is 2.64 bits per heavy atom. The van der Waals surface area contributed by atoms with Gasteiger partial charge >= 0.3 is 5.69 Å². The van der Waals surface area contributed by atoms with Gasteiger partial charge in [-0.1, -0.05) is 0 Å². The largest absolute Gasteiger partial charge is 0.367 e. The Kier molecular flexibility index (Phi) is 3.16. The molecule has 1 aromatic rings. The molecule has 1 aromatic heterocycles. The van der Waals surface area contributed by atoms with Crippen molar-refractivity contribution >= 4 is 17.3 Å². The van der Waals surface area contributed by atoms with E-state index in [-0.39, 0.29) is 17.3 Å². The fourth-order valence-corrected chi connectivity index (χ4v) is 1.03. The van der Waals surface area contributed by atoms with Crippen molar-refractivity contribution in [2.75, 3.05) is 24.2 Å². The second kappa shape index (κ2) is 4.35. The molecule has 76 valence electrons. The van der Waals surface area contributed by atoms with Crippen LogP contribution in [0.4, 0.5) is 17.3 Å². The smallest absolute Gasteiger partial charge is 0.353 e. The van der Waals surface area contributed by atoms with Gasteiger partial charge in [0.1, 0.15) is 6.33 Å². The van der Waals surface area contributed by atoms with E-state index in [9.17, 15) is 10.1 Å². The Hall–Kier alpha value is -1.92. The second-order valence-electron chi connectivity index (χ2n) is 2.46. The molecule has 0 bridgehead atoms. The molecule has 0 unspecified atom stereocenters. The van der Waals surface area contributed by atoms with Gasteiger partial charge in [-0.3, -0.25) is 10.1 Å². The maximum atomic E-state index is 10.7. The number of rotatable bonds is 4. The minimum absolute atomic E-state index is 0.128. The molecule has 0 saturated carbocycles. The fourth-order valence-electron chi connectivity index (χ4n) is 1.03. The predicted molar refractivity (Wildman–Crippen MR) is 52.4 cm³/mol. The Morgan fingerprint density at radius 2 is 2.14 bits per heavy atom. The fraction of sp³-hybridized carbons (Fsp3) is 0.429. The van der Waals surface area contributed by atoms with Gasteiger partial charge < -0.3 is 10.6 Å². The van der Waals surface area contributed by atoms with E-state index in [2.05, 4.69) is 20.6 Å². The highest BCUT2D eigenvalue weighted by Crippen LogP contribution is 2.27. The van der Waals surface area contributed by atoms with Crippen LogP contribution in [0.2, 0.25) is 0 Å². The summed E-state index contributed by atoms with van der Waals surface area (Å²) in [5.74, 6) is 0.442. The number of nitro groups is 1. The lowest BCUT2D eigenvalue weighted by Crippen LogP contribution is -2.07. The molecular weight excluding hydrogens is 186 g/mol. The van der Waals surface area contributed by atoms with E-state index in [0.29, 0.717) is 6.54 Å². The minimum Gasteiger partial charge on any atom is -0.367 e. The first-order valence-electron chi connectivity index (χ1n) is 4.11. The first-order valence-corrected chi connectivity index (χ1v) is 4.11. The molecule has 2 N–H and O–H groups in total. The topological polar surface area (TPSA) is 93.0 Å². The molecule has 0 amide bonds. The minimum atomic E-state index is -0.510. The molecule has 0 fully saturated rings. The monoisotopic (exact) mass is 197 g/mol. The van der Waals surface area contributed by atoms with Crippen LogP contribution in [0.1, 0.15) is 6.92 Å². The summed E-state index contributed by atoms with van der Waals surface area (Å²) in [6, 6.07) is 0. The summed E-state index contributed by atoms with van der Waals surface area (Å²) in [4.78, 5) is 17.8. The van der Waals surface area contributed by atoms with E-state index >= 15 is 0 Å². The molecule has 7 heteroatoms. The summed E-state index contributed by atoms with van der Waals surface area (Å²) in [5, 5.41) is 16.2. The van der Waals surface area contributed by atoms with Crippen molar-refractivity contribution in [2.45, 2.75) is 6.92 Å². The van der Waals surface area contributed by atoms with Crippen LogP contribution in [-0.4, -0.2) is 28.5 Å². The summed E-state index contributed by atoms with van der Waals surface area (Å²) in [6.07, 6.45) is 1.27. The van der Waals surface area contributed by atoms with Gasteiger partial charge in [0.2, 0.25) is 11.6 Å². The summed E-state index contributed by atoms with van der Waals surface area (Å²) < 4.78 is 0. The van der Waals surface area contributed by atoms with E-state index in [1.54, 1.807) is 7.05 Å². The number of anilines is 2. The first kappa shape index (κ1) is 10.2. The molecule has 0 spiro atoms. The third-order valence-corrected chi connectivity index (χ3v) is 1.59. The normalized spacial score (nSPS) is 9.57. The van der Waals surface area contributed by atoms with Crippen LogP contribution in [-0.2, 0) is 0 Å².